The number of hydrogen-bond donors (Lipinski definition) is 1. The first kappa shape index (κ1) is 19.4. The molecule has 2 aromatic heterocycles. The number of pyridine rings is 1. The molecule has 0 aromatic carbocycles. The maximum atomic E-state index is 13.2. The summed E-state index contributed by atoms with van der Waals surface area (Å²) >= 11 is 7.55. The summed E-state index contributed by atoms with van der Waals surface area (Å²) in [5, 5.41) is 5.39. The SMILES string of the molecule is CC1CCc2c(C(=O)N3CCCC(C(=O)Nc4ccc(Cl)cn4)C3)csc2C1. The molecule has 2 atom stereocenters. The van der Waals surface area contributed by atoms with Gasteiger partial charge in [0.25, 0.3) is 5.91 Å². The van der Waals surface area contributed by atoms with E-state index in [4.69, 9.17) is 11.6 Å². The largest absolute Gasteiger partial charge is 0.338 e. The summed E-state index contributed by atoms with van der Waals surface area (Å²) in [6.07, 6.45) is 6.33. The number of halogens is 1. The van der Waals surface area contributed by atoms with Crippen molar-refractivity contribution in [1.82, 2.24) is 9.88 Å². The van der Waals surface area contributed by atoms with Gasteiger partial charge in [-0.15, -0.1) is 11.3 Å². The van der Waals surface area contributed by atoms with Crippen LogP contribution in [0.25, 0.3) is 0 Å². The van der Waals surface area contributed by atoms with Crippen LogP contribution in [-0.4, -0.2) is 34.8 Å². The second-order valence-electron chi connectivity index (χ2n) is 7.84. The van der Waals surface area contributed by atoms with Crippen LogP contribution in [0.5, 0.6) is 0 Å². The van der Waals surface area contributed by atoms with Crippen molar-refractivity contribution in [2.24, 2.45) is 11.8 Å². The smallest absolute Gasteiger partial charge is 0.255 e. The zero-order valence-electron chi connectivity index (χ0n) is 15.9. The number of aromatic nitrogens is 1. The van der Waals surface area contributed by atoms with Crippen LogP contribution in [0.3, 0.4) is 0 Å². The second-order valence-corrected chi connectivity index (χ2v) is 9.24. The minimum Gasteiger partial charge on any atom is -0.338 e. The van der Waals surface area contributed by atoms with E-state index in [2.05, 4.69) is 17.2 Å². The van der Waals surface area contributed by atoms with Gasteiger partial charge >= 0.3 is 0 Å². The van der Waals surface area contributed by atoms with Crippen molar-refractivity contribution in [2.75, 3.05) is 18.4 Å². The van der Waals surface area contributed by atoms with Crippen LogP contribution >= 0.6 is 22.9 Å². The summed E-state index contributed by atoms with van der Waals surface area (Å²) in [6, 6.07) is 3.38. The molecule has 0 saturated carbocycles. The minimum absolute atomic E-state index is 0.0779. The third-order valence-corrected chi connectivity index (χ3v) is 6.96. The number of nitrogens with zero attached hydrogens (tertiary/aromatic N) is 2. The highest BCUT2D eigenvalue weighted by Gasteiger charge is 2.31. The lowest BCUT2D eigenvalue weighted by atomic mass is 9.88. The van der Waals surface area contributed by atoms with Gasteiger partial charge in [0.15, 0.2) is 0 Å². The van der Waals surface area contributed by atoms with Gasteiger partial charge in [-0.05, 0) is 55.7 Å². The van der Waals surface area contributed by atoms with Crippen LogP contribution < -0.4 is 5.32 Å². The molecular weight excluding hydrogens is 394 g/mol. The molecule has 0 spiro atoms. The van der Waals surface area contributed by atoms with Crippen LogP contribution in [0.2, 0.25) is 5.02 Å². The number of anilines is 1. The van der Waals surface area contributed by atoms with E-state index in [9.17, 15) is 9.59 Å². The average molecular weight is 418 g/mol. The zero-order valence-corrected chi connectivity index (χ0v) is 17.5. The minimum atomic E-state index is -0.218. The predicted octanol–water partition coefficient (Wildman–Crippen LogP) is 4.41. The highest BCUT2D eigenvalue weighted by atomic mass is 35.5. The lowest BCUT2D eigenvalue weighted by molar-refractivity contribution is -0.121. The molecule has 2 aliphatic rings. The van der Waals surface area contributed by atoms with Gasteiger partial charge in [0.1, 0.15) is 5.82 Å². The topological polar surface area (TPSA) is 62.3 Å². The summed E-state index contributed by atoms with van der Waals surface area (Å²) in [4.78, 5) is 33.1. The van der Waals surface area contributed by atoms with Crippen molar-refractivity contribution >= 4 is 40.6 Å². The Bertz CT molecular complexity index is 880. The van der Waals surface area contributed by atoms with Crippen LogP contribution in [0.1, 0.15) is 47.0 Å². The van der Waals surface area contributed by atoms with E-state index in [1.165, 1.54) is 16.6 Å². The molecular formula is C21H24ClN3O2S. The van der Waals surface area contributed by atoms with E-state index < -0.39 is 0 Å². The third-order valence-electron chi connectivity index (χ3n) is 5.69. The molecule has 1 saturated heterocycles. The molecule has 148 valence electrons. The molecule has 1 aliphatic heterocycles. The van der Waals surface area contributed by atoms with Gasteiger partial charge in [-0.3, -0.25) is 9.59 Å². The molecule has 1 aliphatic carbocycles. The van der Waals surface area contributed by atoms with Crippen molar-refractivity contribution in [1.29, 1.82) is 0 Å². The Balaban J connectivity index is 1.43. The average Bonchev–Trinajstić information content (AvgIpc) is 3.12. The molecule has 5 nitrogen and oxygen atoms in total. The van der Waals surface area contributed by atoms with Crippen LogP contribution in [0.15, 0.2) is 23.7 Å². The Morgan fingerprint density at radius 2 is 2.18 bits per heavy atom. The Hall–Kier alpha value is -1.92. The Morgan fingerprint density at radius 1 is 1.32 bits per heavy atom. The first-order chi connectivity index (χ1) is 13.5. The zero-order chi connectivity index (χ0) is 19.7. The van der Waals surface area contributed by atoms with Gasteiger partial charge in [0.05, 0.1) is 16.5 Å². The number of fused-ring (bicyclic) bond motifs is 1. The molecule has 7 heteroatoms. The monoisotopic (exact) mass is 417 g/mol. The fraction of sp³-hybridized carbons (Fsp3) is 0.476. The molecule has 0 bridgehead atoms. The highest BCUT2D eigenvalue weighted by Crippen LogP contribution is 2.34. The Labute approximate surface area is 174 Å². The van der Waals surface area contributed by atoms with Crippen molar-refractivity contribution in [3.05, 3.63) is 44.7 Å². The van der Waals surface area contributed by atoms with E-state index in [0.717, 1.165) is 37.7 Å². The van der Waals surface area contributed by atoms with E-state index in [0.29, 0.717) is 29.8 Å². The van der Waals surface area contributed by atoms with Gasteiger partial charge in [-0.25, -0.2) is 4.98 Å². The van der Waals surface area contributed by atoms with Crippen molar-refractivity contribution in [2.45, 2.75) is 39.0 Å². The summed E-state index contributed by atoms with van der Waals surface area (Å²) in [5.74, 6) is 0.949. The fourth-order valence-electron chi connectivity index (χ4n) is 4.08. The van der Waals surface area contributed by atoms with Crippen LogP contribution in [0, 0.1) is 11.8 Å². The standard InChI is InChI=1S/C21H24ClN3O2S/c1-13-4-6-16-17(12-28-18(16)9-13)21(27)25-8-2-3-14(11-25)20(26)24-19-7-5-15(22)10-23-19/h5,7,10,12-14H,2-4,6,8-9,11H2,1H3,(H,23,24,26). The molecule has 2 aromatic rings. The molecule has 1 fully saturated rings. The molecule has 0 radical (unpaired) electrons. The lowest BCUT2D eigenvalue weighted by Gasteiger charge is -2.32. The lowest BCUT2D eigenvalue weighted by Crippen LogP contribution is -2.44. The Morgan fingerprint density at radius 3 is 2.96 bits per heavy atom. The van der Waals surface area contributed by atoms with Gasteiger partial charge in [-0.1, -0.05) is 18.5 Å². The number of hydrogen-bond acceptors (Lipinski definition) is 4. The quantitative estimate of drug-likeness (QED) is 0.804. The summed E-state index contributed by atoms with van der Waals surface area (Å²) < 4.78 is 0. The second kappa shape index (κ2) is 8.21. The van der Waals surface area contributed by atoms with Crippen LogP contribution in [-0.2, 0) is 17.6 Å². The summed E-state index contributed by atoms with van der Waals surface area (Å²) in [7, 11) is 0. The Kier molecular flexibility index (Phi) is 5.69. The normalized spacial score (nSPS) is 21.9. The summed E-state index contributed by atoms with van der Waals surface area (Å²) in [6.45, 7) is 3.44. The molecule has 2 amide bonds. The molecule has 2 unspecified atom stereocenters. The van der Waals surface area contributed by atoms with Crippen molar-refractivity contribution in [3.8, 4) is 0 Å². The third kappa shape index (κ3) is 4.08. The number of carbonyl (C=O) groups is 2. The van der Waals surface area contributed by atoms with Crippen molar-refractivity contribution in [3.63, 3.8) is 0 Å². The van der Waals surface area contributed by atoms with Gasteiger partial charge in [0, 0.05) is 29.5 Å². The van der Waals surface area contributed by atoms with Crippen LogP contribution in [0.4, 0.5) is 5.82 Å². The number of thiophene rings is 1. The first-order valence-corrected chi connectivity index (χ1v) is 11.1. The maximum Gasteiger partial charge on any atom is 0.255 e. The fourth-order valence-corrected chi connectivity index (χ4v) is 5.43. The first-order valence-electron chi connectivity index (χ1n) is 9.82. The predicted molar refractivity (Wildman–Crippen MR) is 112 cm³/mol. The van der Waals surface area contributed by atoms with Gasteiger partial charge in [-0.2, -0.15) is 0 Å². The number of carbonyl (C=O) groups excluding carboxylic acids is 2. The van der Waals surface area contributed by atoms with E-state index in [1.54, 1.807) is 23.5 Å². The van der Waals surface area contributed by atoms with Crippen molar-refractivity contribution < 1.29 is 9.59 Å². The molecule has 4 rings (SSSR count). The molecule has 28 heavy (non-hydrogen) atoms. The number of likely N-dealkylation sites (tertiary alicyclic amines) is 1. The number of amides is 2. The molecule has 1 N–H and O–H groups in total. The number of piperidine rings is 1. The van der Waals surface area contributed by atoms with E-state index >= 15 is 0 Å². The van der Waals surface area contributed by atoms with E-state index in [1.807, 2.05) is 10.3 Å². The highest BCUT2D eigenvalue weighted by molar-refractivity contribution is 7.10. The van der Waals surface area contributed by atoms with E-state index in [-0.39, 0.29) is 17.7 Å². The number of nitrogens with one attached hydrogen (secondary N) is 1. The van der Waals surface area contributed by atoms with Gasteiger partial charge < -0.3 is 10.2 Å². The number of rotatable bonds is 3. The van der Waals surface area contributed by atoms with Gasteiger partial charge in [0.2, 0.25) is 5.91 Å². The molecule has 3 heterocycles. The maximum absolute atomic E-state index is 13.2. The summed E-state index contributed by atoms with van der Waals surface area (Å²) in [5.41, 5.74) is 2.09.